The van der Waals surface area contributed by atoms with Crippen LogP contribution in [0.4, 0.5) is 5.69 Å². The number of anilines is 1. The third-order valence-corrected chi connectivity index (χ3v) is 3.63. The van der Waals surface area contributed by atoms with E-state index >= 15 is 0 Å². The number of amidine groups is 1. The summed E-state index contributed by atoms with van der Waals surface area (Å²) >= 11 is 0. The van der Waals surface area contributed by atoms with Crippen LogP contribution in [0.5, 0.6) is 11.5 Å². The second-order valence-corrected chi connectivity index (χ2v) is 5.49. The van der Waals surface area contributed by atoms with Crippen molar-refractivity contribution < 1.29 is 29.3 Å². The summed E-state index contributed by atoms with van der Waals surface area (Å²) in [6.07, 6.45) is 0. The predicted molar refractivity (Wildman–Crippen MR) is 97.6 cm³/mol. The van der Waals surface area contributed by atoms with Crippen LogP contribution >= 0.6 is 0 Å². The molecule has 0 aliphatic heterocycles. The molecule has 1 unspecified atom stereocenters. The van der Waals surface area contributed by atoms with Crippen molar-refractivity contribution in [2.75, 3.05) is 19.0 Å². The minimum Gasteiger partial charge on any atom is -0.497 e. The molecule has 0 aliphatic rings. The standard InChI is InChI=1S/C18H19N3O6/c1-26-12-6-7-14(27-9-15(22)23)13(8-12)16(18(24)25)21-11-4-2-10(3-5-11)17(19)20/h2-8,16,21H,9H2,1H3,(H3,19,20)(H,22,23)(H,24,25). The zero-order valence-corrected chi connectivity index (χ0v) is 14.4. The maximum atomic E-state index is 11.8. The first-order valence-corrected chi connectivity index (χ1v) is 7.78. The molecule has 27 heavy (non-hydrogen) atoms. The van der Waals surface area contributed by atoms with E-state index in [1.54, 1.807) is 30.3 Å². The van der Waals surface area contributed by atoms with E-state index < -0.39 is 24.6 Å². The van der Waals surface area contributed by atoms with Gasteiger partial charge in [-0.15, -0.1) is 0 Å². The molecule has 0 saturated heterocycles. The summed E-state index contributed by atoms with van der Waals surface area (Å²) in [6.45, 7) is -0.612. The van der Waals surface area contributed by atoms with Crippen LogP contribution in [0.2, 0.25) is 0 Å². The van der Waals surface area contributed by atoms with Crippen molar-refractivity contribution in [3.8, 4) is 11.5 Å². The fourth-order valence-corrected chi connectivity index (χ4v) is 2.34. The summed E-state index contributed by atoms with van der Waals surface area (Å²) in [5.41, 5.74) is 6.58. The SMILES string of the molecule is COc1ccc(OCC(=O)O)c(C(Nc2ccc(C(=N)N)cc2)C(=O)O)c1. The molecule has 9 nitrogen and oxygen atoms in total. The molecule has 0 aliphatic carbocycles. The Labute approximate surface area is 154 Å². The molecular weight excluding hydrogens is 354 g/mol. The van der Waals surface area contributed by atoms with Gasteiger partial charge in [0.1, 0.15) is 17.3 Å². The molecule has 2 rings (SSSR count). The maximum Gasteiger partial charge on any atom is 0.341 e. The third-order valence-electron chi connectivity index (χ3n) is 3.63. The van der Waals surface area contributed by atoms with Crippen LogP contribution in [0.25, 0.3) is 0 Å². The van der Waals surface area contributed by atoms with Gasteiger partial charge in [-0.1, -0.05) is 0 Å². The number of carboxylic acids is 2. The van der Waals surface area contributed by atoms with Crippen molar-refractivity contribution in [3.05, 3.63) is 53.6 Å². The highest BCUT2D eigenvalue weighted by molar-refractivity contribution is 5.95. The molecule has 0 aromatic heterocycles. The highest BCUT2D eigenvalue weighted by Crippen LogP contribution is 2.32. The average Bonchev–Trinajstić information content (AvgIpc) is 2.64. The number of aliphatic carboxylic acids is 2. The lowest BCUT2D eigenvalue weighted by Gasteiger charge is -2.20. The third kappa shape index (κ3) is 5.11. The number of methoxy groups -OCH3 is 1. The fourth-order valence-electron chi connectivity index (χ4n) is 2.34. The molecule has 9 heteroatoms. The highest BCUT2D eigenvalue weighted by Gasteiger charge is 2.25. The van der Waals surface area contributed by atoms with E-state index in [-0.39, 0.29) is 17.1 Å². The average molecular weight is 373 g/mol. The van der Waals surface area contributed by atoms with Crippen molar-refractivity contribution in [1.29, 1.82) is 5.41 Å². The molecule has 2 aromatic carbocycles. The molecule has 0 fully saturated rings. The van der Waals surface area contributed by atoms with Gasteiger partial charge in [-0.2, -0.15) is 0 Å². The van der Waals surface area contributed by atoms with Crippen molar-refractivity contribution in [3.63, 3.8) is 0 Å². The van der Waals surface area contributed by atoms with Crippen LogP contribution in [-0.4, -0.2) is 41.7 Å². The van der Waals surface area contributed by atoms with E-state index in [0.717, 1.165) is 0 Å². The van der Waals surface area contributed by atoms with E-state index in [4.69, 9.17) is 25.7 Å². The van der Waals surface area contributed by atoms with Gasteiger partial charge < -0.3 is 30.7 Å². The second-order valence-electron chi connectivity index (χ2n) is 5.49. The molecule has 0 spiro atoms. The van der Waals surface area contributed by atoms with Crippen LogP contribution < -0.4 is 20.5 Å². The first-order chi connectivity index (χ1) is 12.8. The lowest BCUT2D eigenvalue weighted by Crippen LogP contribution is -2.22. The molecular formula is C18H19N3O6. The molecule has 0 saturated carbocycles. The van der Waals surface area contributed by atoms with Crippen molar-refractivity contribution in [1.82, 2.24) is 0 Å². The van der Waals surface area contributed by atoms with E-state index in [1.165, 1.54) is 19.2 Å². The summed E-state index contributed by atoms with van der Waals surface area (Å²) in [5.74, 6) is -1.98. The fraction of sp³-hybridized carbons (Fsp3) is 0.167. The Morgan fingerprint density at radius 1 is 1.19 bits per heavy atom. The predicted octanol–water partition coefficient (Wildman–Crippen LogP) is 1.68. The van der Waals surface area contributed by atoms with E-state index in [1.807, 2.05) is 0 Å². The van der Waals surface area contributed by atoms with Gasteiger partial charge in [0.05, 0.1) is 7.11 Å². The van der Waals surface area contributed by atoms with E-state index in [0.29, 0.717) is 17.0 Å². The Morgan fingerprint density at radius 2 is 1.85 bits per heavy atom. The van der Waals surface area contributed by atoms with Crippen LogP contribution in [0, 0.1) is 5.41 Å². The number of nitrogens with two attached hydrogens (primary N) is 1. The number of nitrogens with one attached hydrogen (secondary N) is 2. The molecule has 0 bridgehead atoms. The van der Waals surface area contributed by atoms with Gasteiger partial charge in [-0.25, -0.2) is 9.59 Å². The maximum absolute atomic E-state index is 11.8. The topological polar surface area (TPSA) is 155 Å². The minimum absolute atomic E-state index is 0.103. The summed E-state index contributed by atoms with van der Waals surface area (Å²) in [6, 6.07) is 9.57. The highest BCUT2D eigenvalue weighted by atomic mass is 16.5. The largest absolute Gasteiger partial charge is 0.497 e. The number of carbonyl (C=O) groups is 2. The number of nitrogen functional groups attached to an aromatic ring is 1. The summed E-state index contributed by atoms with van der Waals surface area (Å²) in [7, 11) is 1.43. The lowest BCUT2D eigenvalue weighted by molar-refractivity contribution is -0.139. The van der Waals surface area contributed by atoms with E-state index in [2.05, 4.69) is 5.32 Å². The van der Waals surface area contributed by atoms with Gasteiger partial charge in [0, 0.05) is 16.8 Å². The molecule has 1 atom stereocenters. The quantitative estimate of drug-likeness (QED) is 0.328. The zero-order valence-electron chi connectivity index (χ0n) is 14.4. The van der Waals surface area contributed by atoms with Crippen LogP contribution in [0.15, 0.2) is 42.5 Å². The van der Waals surface area contributed by atoms with Crippen molar-refractivity contribution in [2.24, 2.45) is 5.73 Å². The first kappa shape index (κ1) is 19.6. The second kappa shape index (κ2) is 8.56. The van der Waals surface area contributed by atoms with Gasteiger partial charge >= 0.3 is 11.9 Å². The smallest absolute Gasteiger partial charge is 0.341 e. The number of ether oxygens (including phenoxy) is 2. The number of hydrogen-bond acceptors (Lipinski definition) is 6. The Kier molecular flexibility index (Phi) is 6.21. The van der Waals surface area contributed by atoms with E-state index in [9.17, 15) is 14.7 Å². The summed E-state index contributed by atoms with van der Waals surface area (Å²) in [4.78, 5) is 22.6. The molecule has 142 valence electrons. The van der Waals surface area contributed by atoms with Crippen LogP contribution in [0.1, 0.15) is 17.2 Å². The molecule has 6 N–H and O–H groups in total. The van der Waals surface area contributed by atoms with Crippen molar-refractivity contribution in [2.45, 2.75) is 6.04 Å². The molecule has 0 radical (unpaired) electrons. The van der Waals surface area contributed by atoms with Gasteiger partial charge in [-0.3, -0.25) is 5.41 Å². The Balaban J connectivity index is 2.37. The number of carboxylic acid groups (broad SMARTS) is 2. The monoisotopic (exact) mass is 373 g/mol. The molecule has 2 aromatic rings. The van der Waals surface area contributed by atoms with Crippen LogP contribution in [-0.2, 0) is 9.59 Å². The van der Waals surface area contributed by atoms with Gasteiger partial charge in [0.25, 0.3) is 0 Å². The zero-order chi connectivity index (χ0) is 20.0. The first-order valence-electron chi connectivity index (χ1n) is 7.78. The Bertz CT molecular complexity index is 851. The molecule has 0 heterocycles. The number of benzene rings is 2. The summed E-state index contributed by atoms with van der Waals surface area (Å²) in [5, 5.41) is 28.7. The summed E-state index contributed by atoms with van der Waals surface area (Å²) < 4.78 is 10.3. The van der Waals surface area contributed by atoms with Crippen LogP contribution in [0.3, 0.4) is 0 Å². The molecule has 0 amide bonds. The van der Waals surface area contributed by atoms with Gasteiger partial charge in [0.2, 0.25) is 0 Å². The lowest BCUT2D eigenvalue weighted by atomic mass is 10.0. The van der Waals surface area contributed by atoms with Gasteiger partial charge in [0.15, 0.2) is 12.6 Å². The number of hydrogen-bond donors (Lipinski definition) is 5. The Hall–Kier alpha value is -3.75. The minimum atomic E-state index is -1.23. The van der Waals surface area contributed by atoms with Crippen molar-refractivity contribution >= 4 is 23.5 Å². The Morgan fingerprint density at radius 3 is 2.37 bits per heavy atom. The van der Waals surface area contributed by atoms with Gasteiger partial charge in [-0.05, 0) is 42.5 Å². The normalized spacial score (nSPS) is 11.3. The number of rotatable bonds is 9.